The first kappa shape index (κ1) is 18.1. The van der Waals surface area contributed by atoms with E-state index in [4.69, 9.17) is 0 Å². The van der Waals surface area contributed by atoms with Crippen molar-refractivity contribution < 1.29 is 0 Å². The molecule has 0 amide bonds. The molecule has 0 spiro atoms. The molecule has 0 fully saturated rings. The average Bonchev–Trinajstić information content (AvgIpc) is 2.42. The summed E-state index contributed by atoms with van der Waals surface area (Å²) in [5, 5.41) is 3.48. The van der Waals surface area contributed by atoms with Crippen LogP contribution >= 0.6 is 11.8 Å². The van der Waals surface area contributed by atoms with Gasteiger partial charge in [0.1, 0.15) is 0 Å². The van der Waals surface area contributed by atoms with Crippen molar-refractivity contribution in [3.63, 3.8) is 0 Å². The molecule has 0 aliphatic heterocycles. The molecule has 0 unspecified atom stereocenters. The Kier molecular flexibility index (Phi) is 7.83. The van der Waals surface area contributed by atoms with Gasteiger partial charge in [-0.05, 0) is 52.1 Å². The van der Waals surface area contributed by atoms with E-state index >= 15 is 0 Å². The zero-order valence-corrected chi connectivity index (χ0v) is 14.9. The zero-order chi connectivity index (χ0) is 15.8. The highest BCUT2D eigenvalue weighted by Gasteiger charge is 2.10. The molecule has 21 heavy (non-hydrogen) atoms. The summed E-state index contributed by atoms with van der Waals surface area (Å²) in [6.45, 7) is 15.9. The molecule has 4 heteroatoms. The maximum Gasteiger partial charge on any atom is 0.0736 e. The second-order valence-electron chi connectivity index (χ2n) is 5.43. The Morgan fingerprint density at radius 2 is 1.90 bits per heavy atom. The predicted octanol–water partition coefficient (Wildman–Crippen LogP) is 4.47. The summed E-state index contributed by atoms with van der Waals surface area (Å²) >= 11 is 1.75. The monoisotopic (exact) mass is 307 g/mol. The Bertz CT molecular complexity index is 465. The molecule has 0 saturated heterocycles. The molecule has 1 N–H and O–H groups in total. The number of pyridine rings is 1. The van der Waals surface area contributed by atoms with Crippen LogP contribution in [0.2, 0.25) is 0 Å². The number of nitrogens with zero attached hydrogens (tertiary/aromatic N) is 2. The summed E-state index contributed by atoms with van der Waals surface area (Å²) in [6, 6.07) is 2.13. The third-order valence-electron chi connectivity index (χ3n) is 3.31. The summed E-state index contributed by atoms with van der Waals surface area (Å²) in [7, 11) is 0. The molecule has 118 valence electrons. The molecule has 3 nitrogen and oxygen atoms in total. The SMILES string of the molecule is C=C(CN(CCC)CCC)Nc1c(SC)cc(C)nc1C. The minimum Gasteiger partial charge on any atom is -0.356 e. The van der Waals surface area contributed by atoms with Gasteiger partial charge in [-0.3, -0.25) is 9.88 Å². The lowest BCUT2D eigenvalue weighted by atomic mass is 10.2. The van der Waals surface area contributed by atoms with E-state index in [9.17, 15) is 0 Å². The highest BCUT2D eigenvalue weighted by atomic mass is 32.2. The number of aromatic nitrogens is 1. The van der Waals surface area contributed by atoms with Gasteiger partial charge in [0.15, 0.2) is 0 Å². The van der Waals surface area contributed by atoms with E-state index in [1.165, 1.54) is 17.7 Å². The molecule has 1 aromatic rings. The van der Waals surface area contributed by atoms with Gasteiger partial charge in [0.2, 0.25) is 0 Å². The fourth-order valence-corrected chi connectivity index (χ4v) is 3.19. The van der Waals surface area contributed by atoms with Crippen molar-refractivity contribution in [2.45, 2.75) is 45.4 Å². The number of thioether (sulfide) groups is 1. The van der Waals surface area contributed by atoms with E-state index in [0.717, 1.165) is 42.4 Å². The molecule has 0 aliphatic carbocycles. The van der Waals surface area contributed by atoms with Crippen LogP contribution in [0, 0.1) is 13.8 Å². The Labute approximate surface area is 134 Å². The van der Waals surface area contributed by atoms with E-state index < -0.39 is 0 Å². The maximum atomic E-state index is 4.56. The van der Waals surface area contributed by atoms with Gasteiger partial charge in [-0.25, -0.2) is 0 Å². The van der Waals surface area contributed by atoms with Crippen molar-refractivity contribution in [1.29, 1.82) is 0 Å². The van der Waals surface area contributed by atoms with Crippen LogP contribution in [0.15, 0.2) is 23.2 Å². The summed E-state index contributed by atoms with van der Waals surface area (Å²) in [4.78, 5) is 8.24. The van der Waals surface area contributed by atoms with Crippen LogP contribution in [-0.2, 0) is 0 Å². The molecule has 1 heterocycles. The smallest absolute Gasteiger partial charge is 0.0736 e. The Hall–Kier alpha value is -1.00. The largest absolute Gasteiger partial charge is 0.356 e. The quantitative estimate of drug-likeness (QED) is 0.681. The van der Waals surface area contributed by atoms with Crippen LogP contribution < -0.4 is 5.32 Å². The highest BCUT2D eigenvalue weighted by molar-refractivity contribution is 7.98. The van der Waals surface area contributed by atoms with Gasteiger partial charge in [0.25, 0.3) is 0 Å². The summed E-state index contributed by atoms with van der Waals surface area (Å²) in [5.74, 6) is 0. The molecule has 1 rings (SSSR count). The van der Waals surface area contributed by atoms with E-state index in [2.05, 4.69) is 54.9 Å². The third kappa shape index (κ3) is 5.71. The molecule has 0 saturated carbocycles. The molecule has 1 aromatic heterocycles. The third-order valence-corrected chi connectivity index (χ3v) is 4.07. The number of hydrogen-bond donors (Lipinski definition) is 1. The number of anilines is 1. The first-order valence-electron chi connectivity index (χ1n) is 7.71. The van der Waals surface area contributed by atoms with Crippen molar-refractivity contribution >= 4 is 17.4 Å². The average molecular weight is 308 g/mol. The summed E-state index contributed by atoms with van der Waals surface area (Å²) in [5.41, 5.74) is 4.25. The van der Waals surface area contributed by atoms with Crippen molar-refractivity contribution in [3.8, 4) is 0 Å². The Morgan fingerprint density at radius 3 is 2.43 bits per heavy atom. The lowest BCUT2D eigenvalue weighted by molar-refractivity contribution is 0.298. The van der Waals surface area contributed by atoms with Gasteiger partial charge in [0, 0.05) is 22.8 Å². The zero-order valence-electron chi connectivity index (χ0n) is 14.1. The predicted molar refractivity (Wildman–Crippen MR) is 95.3 cm³/mol. The van der Waals surface area contributed by atoms with E-state index in [-0.39, 0.29) is 0 Å². The van der Waals surface area contributed by atoms with E-state index in [0.29, 0.717) is 0 Å². The molecule has 0 atom stereocenters. The molecule has 0 radical (unpaired) electrons. The Morgan fingerprint density at radius 1 is 1.29 bits per heavy atom. The second kappa shape index (κ2) is 9.11. The van der Waals surface area contributed by atoms with Crippen molar-refractivity contribution in [3.05, 3.63) is 29.7 Å². The van der Waals surface area contributed by atoms with Crippen molar-refractivity contribution in [2.75, 3.05) is 31.2 Å². The van der Waals surface area contributed by atoms with E-state index in [1.807, 2.05) is 6.92 Å². The van der Waals surface area contributed by atoms with Gasteiger partial charge < -0.3 is 5.32 Å². The fraction of sp³-hybridized carbons (Fsp3) is 0.588. The number of hydrogen-bond acceptors (Lipinski definition) is 4. The minimum absolute atomic E-state index is 0.892. The van der Waals surface area contributed by atoms with Gasteiger partial charge >= 0.3 is 0 Å². The molecule has 0 bridgehead atoms. The van der Waals surface area contributed by atoms with E-state index in [1.54, 1.807) is 11.8 Å². The first-order valence-corrected chi connectivity index (χ1v) is 8.93. The van der Waals surface area contributed by atoms with Crippen LogP contribution in [0.5, 0.6) is 0 Å². The van der Waals surface area contributed by atoms with Gasteiger partial charge in [0.05, 0.1) is 11.4 Å². The standard InChI is InChI=1S/C17H29N3S/c1-7-9-20(10-8-2)12-14(4)19-17-15(5)18-13(3)11-16(17)21-6/h11,19H,4,7-10,12H2,1-3,5-6H3. The van der Waals surface area contributed by atoms with Crippen LogP contribution in [-0.4, -0.2) is 35.8 Å². The lowest BCUT2D eigenvalue weighted by Crippen LogP contribution is -2.29. The molecular formula is C17H29N3S. The fourth-order valence-electron chi connectivity index (χ4n) is 2.49. The van der Waals surface area contributed by atoms with Crippen LogP contribution in [0.1, 0.15) is 38.1 Å². The van der Waals surface area contributed by atoms with Gasteiger partial charge in [-0.1, -0.05) is 20.4 Å². The van der Waals surface area contributed by atoms with Crippen molar-refractivity contribution in [2.24, 2.45) is 0 Å². The normalized spacial score (nSPS) is 11.0. The molecular weight excluding hydrogens is 278 g/mol. The van der Waals surface area contributed by atoms with Crippen LogP contribution in [0.3, 0.4) is 0 Å². The minimum atomic E-state index is 0.892. The number of rotatable bonds is 9. The summed E-state index contributed by atoms with van der Waals surface area (Å²) in [6.07, 6.45) is 4.45. The highest BCUT2D eigenvalue weighted by Crippen LogP contribution is 2.29. The van der Waals surface area contributed by atoms with Gasteiger partial charge in [-0.15, -0.1) is 11.8 Å². The molecule has 0 aliphatic rings. The van der Waals surface area contributed by atoms with Gasteiger partial charge in [-0.2, -0.15) is 0 Å². The second-order valence-corrected chi connectivity index (χ2v) is 6.28. The number of nitrogens with one attached hydrogen (secondary N) is 1. The molecule has 0 aromatic carbocycles. The first-order chi connectivity index (χ1) is 10.0. The Balaban J connectivity index is 2.78. The van der Waals surface area contributed by atoms with Crippen LogP contribution in [0.25, 0.3) is 0 Å². The maximum absolute atomic E-state index is 4.56. The number of aryl methyl sites for hydroxylation is 2. The van der Waals surface area contributed by atoms with Crippen molar-refractivity contribution in [1.82, 2.24) is 9.88 Å². The lowest BCUT2D eigenvalue weighted by Gasteiger charge is -2.23. The summed E-state index contributed by atoms with van der Waals surface area (Å²) < 4.78 is 0. The van der Waals surface area contributed by atoms with Crippen LogP contribution in [0.4, 0.5) is 5.69 Å². The topological polar surface area (TPSA) is 28.2 Å².